The lowest BCUT2D eigenvalue weighted by molar-refractivity contribution is 0.350. The van der Waals surface area contributed by atoms with Crippen molar-refractivity contribution in [2.24, 2.45) is 0 Å². The molecule has 0 bridgehead atoms. The molecule has 1 fully saturated rings. The quantitative estimate of drug-likeness (QED) is 0.482. The standard InChI is InChI=1S/C24H20N4/c25-12-16-4-6-22-18(10-16)20(14-27-22)24(8-2-1-3-9-24)21-15-28-23-7-5-17(13-26)11-19(21)23/h4-7,10-11,14-15,27-28H,1-3,8-9H2. The van der Waals surface area contributed by atoms with Crippen molar-refractivity contribution in [2.45, 2.75) is 37.5 Å². The van der Waals surface area contributed by atoms with E-state index in [9.17, 15) is 10.5 Å². The van der Waals surface area contributed by atoms with Crippen molar-refractivity contribution in [1.82, 2.24) is 9.97 Å². The highest BCUT2D eigenvalue weighted by Gasteiger charge is 2.39. The first-order valence-corrected chi connectivity index (χ1v) is 9.79. The topological polar surface area (TPSA) is 79.2 Å². The average Bonchev–Trinajstić information content (AvgIpc) is 3.37. The van der Waals surface area contributed by atoms with Crippen LogP contribution in [0.2, 0.25) is 0 Å². The number of nitrogens with one attached hydrogen (secondary N) is 2. The zero-order valence-corrected chi connectivity index (χ0v) is 15.5. The Morgan fingerprint density at radius 1 is 0.714 bits per heavy atom. The molecular weight excluding hydrogens is 344 g/mol. The second kappa shape index (κ2) is 6.29. The van der Waals surface area contributed by atoms with Gasteiger partial charge >= 0.3 is 0 Å². The molecule has 136 valence electrons. The number of rotatable bonds is 2. The lowest BCUT2D eigenvalue weighted by atomic mass is 9.65. The molecule has 1 aliphatic carbocycles. The third-order valence-corrected chi connectivity index (χ3v) is 6.36. The van der Waals surface area contributed by atoms with Crippen molar-refractivity contribution in [1.29, 1.82) is 10.5 Å². The van der Waals surface area contributed by atoms with Crippen LogP contribution in [0.25, 0.3) is 21.8 Å². The molecule has 1 saturated carbocycles. The third-order valence-electron chi connectivity index (χ3n) is 6.36. The lowest BCUT2D eigenvalue weighted by Crippen LogP contribution is -2.30. The van der Waals surface area contributed by atoms with Crippen molar-refractivity contribution in [3.8, 4) is 12.1 Å². The second-order valence-corrected chi connectivity index (χ2v) is 7.79. The molecule has 2 aromatic carbocycles. The Balaban J connectivity index is 1.80. The summed E-state index contributed by atoms with van der Waals surface area (Å²) in [6, 6.07) is 16.3. The maximum absolute atomic E-state index is 9.39. The molecule has 1 aliphatic rings. The first-order valence-electron chi connectivity index (χ1n) is 9.79. The maximum Gasteiger partial charge on any atom is 0.0991 e. The van der Waals surface area contributed by atoms with Crippen molar-refractivity contribution in [2.75, 3.05) is 0 Å². The molecule has 0 saturated heterocycles. The highest BCUT2D eigenvalue weighted by atomic mass is 14.7. The van der Waals surface area contributed by atoms with E-state index in [-0.39, 0.29) is 5.41 Å². The van der Waals surface area contributed by atoms with Gasteiger partial charge in [0.25, 0.3) is 0 Å². The molecule has 2 aromatic heterocycles. The monoisotopic (exact) mass is 364 g/mol. The van der Waals surface area contributed by atoms with Crippen molar-refractivity contribution in [3.63, 3.8) is 0 Å². The smallest absolute Gasteiger partial charge is 0.0991 e. The number of nitriles is 2. The number of fused-ring (bicyclic) bond motifs is 2. The summed E-state index contributed by atoms with van der Waals surface area (Å²) in [5.41, 5.74) is 5.92. The second-order valence-electron chi connectivity index (χ2n) is 7.79. The Bertz CT molecular complexity index is 1180. The van der Waals surface area contributed by atoms with E-state index in [0.29, 0.717) is 11.1 Å². The number of nitrogens with zero attached hydrogens (tertiary/aromatic N) is 2. The fraction of sp³-hybridized carbons (Fsp3) is 0.250. The van der Waals surface area contributed by atoms with Crippen molar-refractivity contribution >= 4 is 21.8 Å². The van der Waals surface area contributed by atoms with Gasteiger partial charge in [0, 0.05) is 39.6 Å². The molecule has 0 radical (unpaired) electrons. The number of hydrogen-bond acceptors (Lipinski definition) is 2. The Kier molecular flexibility index (Phi) is 3.74. The highest BCUT2D eigenvalue weighted by Crippen LogP contribution is 2.49. The van der Waals surface area contributed by atoms with Crippen LogP contribution in [0.4, 0.5) is 0 Å². The fourth-order valence-corrected chi connectivity index (χ4v) is 5.01. The molecule has 0 atom stereocenters. The van der Waals surface area contributed by atoms with Gasteiger partial charge in [-0.3, -0.25) is 0 Å². The molecule has 28 heavy (non-hydrogen) atoms. The molecule has 2 N–H and O–H groups in total. The minimum Gasteiger partial charge on any atom is -0.361 e. The van der Waals surface area contributed by atoms with Crippen LogP contribution in [0.1, 0.15) is 54.4 Å². The predicted octanol–water partition coefficient (Wildman–Crippen LogP) is 5.64. The number of aromatic amines is 2. The van der Waals surface area contributed by atoms with Gasteiger partial charge in [0.2, 0.25) is 0 Å². The van der Waals surface area contributed by atoms with Crippen molar-refractivity contribution in [3.05, 3.63) is 71.0 Å². The Morgan fingerprint density at radius 3 is 1.68 bits per heavy atom. The number of aromatic nitrogens is 2. The van der Waals surface area contributed by atoms with E-state index in [1.807, 2.05) is 36.4 Å². The molecule has 4 nitrogen and oxygen atoms in total. The van der Waals surface area contributed by atoms with E-state index in [0.717, 1.165) is 34.6 Å². The van der Waals surface area contributed by atoms with E-state index in [1.165, 1.54) is 30.4 Å². The maximum atomic E-state index is 9.39. The van der Waals surface area contributed by atoms with Crippen LogP contribution in [0.15, 0.2) is 48.8 Å². The van der Waals surface area contributed by atoms with E-state index >= 15 is 0 Å². The van der Waals surface area contributed by atoms with Crippen LogP contribution in [0.5, 0.6) is 0 Å². The van der Waals surface area contributed by atoms with Crippen LogP contribution in [-0.2, 0) is 5.41 Å². The molecule has 0 amide bonds. The number of hydrogen-bond donors (Lipinski definition) is 2. The molecule has 0 aliphatic heterocycles. The Hall–Kier alpha value is -3.50. The van der Waals surface area contributed by atoms with Gasteiger partial charge in [-0.2, -0.15) is 10.5 Å². The lowest BCUT2D eigenvalue weighted by Gasteiger charge is -2.37. The summed E-state index contributed by atoms with van der Waals surface area (Å²) in [5, 5.41) is 21.0. The normalized spacial score (nSPS) is 16.1. The SMILES string of the molecule is N#Cc1ccc2[nH]cc(C3(c4c[nH]c5ccc(C#N)cc45)CCCCC3)c2c1. The van der Waals surface area contributed by atoms with Crippen LogP contribution < -0.4 is 0 Å². The van der Waals surface area contributed by atoms with Crippen LogP contribution in [0.3, 0.4) is 0 Å². The molecule has 4 aromatic rings. The summed E-state index contributed by atoms with van der Waals surface area (Å²) in [7, 11) is 0. The van der Waals surface area contributed by atoms with Gasteiger partial charge < -0.3 is 9.97 Å². The Morgan fingerprint density at radius 2 is 1.21 bits per heavy atom. The zero-order valence-electron chi connectivity index (χ0n) is 15.5. The van der Waals surface area contributed by atoms with Gasteiger partial charge in [-0.1, -0.05) is 19.3 Å². The zero-order chi connectivity index (χ0) is 19.1. The van der Waals surface area contributed by atoms with Gasteiger partial charge in [0.15, 0.2) is 0 Å². The van der Waals surface area contributed by atoms with Crippen LogP contribution in [0, 0.1) is 22.7 Å². The third kappa shape index (κ3) is 2.35. The van der Waals surface area contributed by atoms with Crippen LogP contribution >= 0.6 is 0 Å². The van der Waals surface area contributed by atoms with Gasteiger partial charge in [-0.05, 0) is 60.4 Å². The van der Waals surface area contributed by atoms with E-state index in [1.54, 1.807) is 0 Å². The van der Waals surface area contributed by atoms with Gasteiger partial charge in [0.05, 0.1) is 23.3 Å². The number of H-pyrrole nitrogens is 2. The van der Waals surface area contributed by atoms with Gasteiger partial charge in [-0.15, -0.1) is 0 Å². The molecule has 2 heterocycles. The number of benzene rings is 2. The summed E-state index contributed by atoms with van der Waals surface area (Å²) in [6.45, 7) is 0. The molecule has 4 heteroatoms. The summed E-state index contributed by atoms with van der Waals surface area (Å²) in [6.07, 6.45) is 10.00. The van der Waals surface area contributed by atoms with Crippen molar-refractivity contribution < 1.29 is 0 Å². The molecule has 0 spiro atoms. The van der Waals surface area contributed by atoms with Gasteiger partial charge in [-0.25, -0.2) is 0 Å². The molecular formula is C24H20N4. The van der Waals surface area contributed by atoms with E-state index in [2.05, 4.69) is 34.5 Å². The van der Waals surface area contributed by atoms with Gasteiger partial charge in [0.1, 0.15) is 0 Å². The Labute approximate surface area is 163 Å². The predicted molar refractivity (Wildman–Crippen MR) is 110 cm³/mol. The highest BCUT2D eigenvalue weighted by molar-refractivity contribution is 5.90. The minimum absolute atomic E-state index is 0.114. The summed E-state index contributed by atoms with van der Waals surface area (Å²) >= 11 is 0. The van der Waals surface area contributed by atoms with E-state index < -0.39 is 0 Å². The van der Waals surface area contributed by atoms with E-state index in [4.69, 9.17) is 0 Å². The largest absolute Gasteiger partial charge is 0.361 e. The summed E-state index contributed by atoms with van der Waals surface area (Å²) < 4.78 is 0. The molecule has 5 rings (SSSR count). The minimum atomic E-state index is -0.114. The summed E-state index contributed by atoms with van der Waals surface area (Å²) in [5.74, 6) is 0. The molecule has 0 unspecified atom stereocenters. The summed E-state index contributed by atoms with van der Waals surface area (Å²) in [4.78, 5) is 6.84. The first-order chi connectivity index (χ1) is 13.7. The average molecular weight is 364 g/mol. The van der Waals surface area contributed by atoms with Crippen LogP contribution in [-0.4, -0.2) is 9.97 Å². The first kappa shape index (κ1) is 16.7. The fourth-order valence-electron chi connectivity index (χ4n) is 5.01.